The third-order valence-electron chi connectivity index (χ3n) is 3.24. The number of fused-ring (bicyclic) bond motifs is 1. The number of hydrogen-bond acceptors (Lipinski definition) is 2. The Labute approximate surface area is 97.5 Å². The highest BCUT2D eigenvalue weighted by Gasteiger charge is 2.18. The maximum atomic E-state index is 6.10. The van der Waals surface area contributed by atoms with Crippen molar-refractivity contribution in [2.75, 3.05) is 0 Å². The minimum absolute atomic E-state index is 0.152. The summed E-state index contributed by atoms with van der Waals surface area (Å²) >= 11 is 0. The minimum atomic E-state index is 0.152. The molecule has 2 nitrogen and oxygen atoms in total. The van der Waals surface area contributed by atoms with Gasteiger partial charge < -0.3 is 11.1 Å². The van der Waals surface area contributed by atoms with Crippen molar-refractivity contribution in [3.05, 3.63) is 41.5 Å². The molecule has 0 spiro atoms. The molecule has 3 N–H and O–H groups in total. The van der Waals surface area contributed by atoms with Gasteiger partial charge in [-0.15, -0.1) is 0 Å². The Bertz CT molecular complexity index is 395. The highest BCUT2D eigenvalue weighted by atomic mass is 14.9. The van der Waals surface area contributed by atoms with Crippen molar-refractivity contribution in [3.8, 4) is 0 Å². The van der Waals surface area contributed by atoms with E-state index in [1.54, 1.807) is 0 Å². The summed E-state index contributed by atoms with van der Waals surface area (Å²) in [5, 5.41) is 3.55. The van der Waals surface area contributed by atoms with Gasteiger partial charge >= 0.3 is 0 Å². The Kier molecular flexibility index (Phi) is 3.30. The zero-order chi connectivity index (χ0) is 11.5. The van der Waals surface area contributed by atoms with Crippen LogP contribution in [-0.2, 0) is 0 Å². The lowest BCUT2D eigenvalue weighted by molar-refractivity contribution is 0.621. The molecular weight excluding hydrogens is 196 g/mol. The minimum Gasteiger partial charge on any atom is -0.382 e. The number of rotatable bonds is 3. The van der Waals surface area contributed by atoms with Gasteiger partial charge in [-0.1, -0.05) is 37.3 Å². The van der Waals surface area contributed by atoms with Crippen LogP contribution in [0, 0.1) is 0 Å². The Hall–Kier alpha value is -1.28. The van der Waals surface area contributed by atoms with Gasteiger partial charge in [0.15, 0.2) is 0 Å². The van der Waals surface area contributed by atoms with Crippen molar-refractivity contribution in [2.24, 2.45) is 5.73 Å². The van der Waals surface area contributed by atoms with E-state index in [4.69, 9.17) is 5.73 Å². The average Bonchev–Trinajstić information content (AvgIpc) is 2.33. The molecule has 0 saturated heterocycles. The first-order valence-electron chi connectivity index (χ1n) is 6.04. The van der Waals surface area contributed by atoms with Crippen molar-refractivity contribution in [3.63, 3.8) is 0 Å². The molecule has 2 rings (SSSR count). The van der Waals surface area contributed by atoms with Gasteiger partial charge in [0, 0.05) is 23.3 Å². The van der Waals surface area contributed by atoms with Gasteiger partial charge in [-0.25, -0.2) is 0 Å². The monoisotopic (exact) mass is 216 g/mol. The van der Waals surface area contributed by atoms with E-state index in [9.17, 15) is 0 Å². The fraction of sp³-hybridized carbons (Fsp3) is 0.429. The SMILES string of the molecule is CCC(C)NC1=CCC(N)c2ccccc21. The summed E-state index contributed by atoms with van der Waals surface area (Å²) in [6, 6.07) is 9.07. The summed E-state index contributed by atoms with van der Waals surface area (Å²) in [6.45, 7) is 4.40. The molecular formula is C14H20N2. The van der Waals surface area contributed by atoms with Crippen LogP contribution in [0.1, 0.15) is 43.9 Å². The van der Waals surface area contributed by atoms with Crippen LogP contribution in [0.5, 0.6) is 0 Å². The third kappa shape index (κ3) is 2.12. The molecule has 0 heterocycles. The summed E-state index contributed by atoms with van der Waals surface area (Å²) in [6.07, 6.45) is 4.28. The quantitative estimate of drug-likeness (QED) is 0.815. The highest BCUT2D eigenvalue weighted by Crippen LogP contribution is 2.30. The number of benzene rings is 1. The molecule has 2 atom stereocenters. The van der Waals surface area contributed by atoms with Crippen molar-refractivity contribution in [2.45, 2.75) is 38.8 Å². The second kappa shape index (κ2) is 4.71. The molecule has 1 aromatic rings. The smallest absolute Gasteiger partial charge is 0.0379 e. The molecule has 0 fully saturated rings. The third-order valence-corrected chi connectivity index (χ3v) is 3.24. The second-order valence-electron chi connectivity index (χ2n) is 4.50. The van der Waals surface area contributed by atoms with Crippen LogP contribution in [-0.4, -0.2) is 6.04 Å². The average molecular weight is 216 g/mol. The van der Waals surface area contributed by atoms with Gasteiger partial charge in [-0.2, -0.15) is 0 Å². The lowest BCUT2D eigenvalue weighted by Gasteiger charge is -2.25. The maximum Gasteiger partial charge on any atom is 0.0379 e. The van der Waals surface area contributed by atoms with E-state index in [1.807, 2.05) is 0 Å². The second-order valence-corrected chi connectivity index (χ2v) is 4.50. The van der Waals surface area contributed by atoms with Gasteiger partial charge in [0.2, 0.25) is 0 Å². The molecule has 1 aliphatic carbocycles. The number of hydrogen-bond donors (Lipinski definition) is 2. The van der Waals surface area contributed by atoms with Gasteiger partial charge in [0.05, 0.1) is 0 Å². The fourth-order valence-corrected chi connectivity index (χ4v) is 2.05. The van der Waals surface area contributed by atoms with Crippen LogP contribution >= 0.6 is 0 Å². The molecule has 0 radical (unpaired) electrons. The molecule has 0 bridgehead atoms. The Morgan fingerprint density at radius 1 is 1.44 bits per heavy atom. The summed E-state index contributed by atoms with van der Waals surface area (Å²) < 4.78 is 0. The molecule has 2 heteroatoms. The van der Waals surface area contributed by atoms with Crippen LogP contribution in [0.4, 0.5) is 0 Å². The summed E-state index contributed by atoms with van der Waals surface area (Å²) in [4.78, 5) is 0. The van der Waals surface area contributed by atoms with Crippen molar-refractivity contribution >= 4 is 5.70 Å². The van der Waals surface area contributed by atoms with Crippen LogP contribution in [0.2, 0.25) is 0 Å². The summed E-state index contributed by atoms with van der Waals surface area (Å²) in [7, 11) is 0. The van der Waals surface area contributed by atoms with Crippen LogP contribution in [0.25, 0.3) is 5.70 Å². The predicted octanol–water partition coefficient (Wildman–Crippen LogP) is 2.82. The van der Waals surface area contributed by atoms with Crippen molar-refractivity contribution in [1.29, 1.82) is 0 Å². The first-order valence-corrected chi connectivity index (χ1v) is 6.04. The van der Waals surface area contributed by atoms with Crippen molar-refractivity contribution < 1.29 is 0 Å². The van der Waals surface area contributed by atoms with Gasteiger partial charge in [0.25, 0.3) is 0 Å². The Balaban J connectivity index is 2.28. The number of nitrogens with two attached hydrogens (primary N) is 1. The lowest BCUT2D eigenvalue weighted by Crippen LogP contribution is -2.27. The van der Waals surface area contributed by atoms with E-state index in [-0.39, 0.29) is 6.04 Å². The van der Waals surface area contributed by atoms with E-state index in [2.05, 4.69) is 49.5 Å². The molecule has 86 valence electrons. The zero-order valence-corrected chi connectivity index (χ0v) is 10.0. The number of nitrogens with one attached hydrogen (secondary N) is 1. The van der Waals surface area contributed by atoms with Gasteiger partial charge in [0.1, 0.15) is 0 Å². The first-order chi connectivity index (χ1) is 7.72. The van der Waals surface area contributed by atoms with E-state index in [0.29, 0.717) is 6.04 Å². The first kappa shape index (κ1) is 11.2. The normalized spacial score (nSPS) is 20.9. The predicted molar refractivity (Wildman–Crippen MR) is 68.9 cm³/mol. The van der Waals surface area contributed by atoms with Crippen LogP contribution in [0.3, 0.4) is 0 Å². The molecule has 2 unspecified atom stereocenters. The highest BCUT2D eigenvalue weighted by molar-refractivity contribution is 5.69. The maximum absolute atomic E-state index is 6.10. The summed E-state index contributed by atoms with van der Waals surface area (Å²) in [5.41, 5.74) is 9.87. The molecule has 0 aromatic heterocycles. The Morgan fingerprint density at radius 2 is 2.19 bits per heavy atom. The summed E-state index contributed by atoms with van der Waals surface area (Å²) in [5.74, 6) is 0. The zero-order valence-electron chi connectivity index (χ0n) is 10.0. The Morgan fingerprint density at radius 3 is 2.94 bits per heavy atom. The molecule has 0 amide bonds. The van der Waals surface area contributed by atoms with Gasteiger partial charge in [-0.3, -0.25) is 0 Å². The van der Waals surface area contributed by atoms with E-state index >= 15 is 0 Å². The van der Waals surface area contributed by atoms with Crippen LogP contribution in [0.15, 0.2) is 30.3 Å². The van der Waals surface area contributed by atoms with Crippen LogP contribution < -0.4 is 11.1 Å². The largest absolute Gasteiger partial charge is 0.382 e. The molecule has 0 saturated carbocycles. The lowest BCUT2D eigenvalue weighted by atomic mass is 9.91. The van der Waals surface area contributed by atoms with Gasteiger partial charge in [-0.05, 0) is 25.3 Å². The topological polar surface area (TPSA) is 38.0 Å². The van der Waals surface area contributed by atoms with E-state index in [1.165, 1.54) is 16.8 Å². The van der Waals surface area contributed by atoms with Crippen molar-refractivity contribution in [1.82, 2.24) is 5.32 Å². The van der Waals surface area contributed by atoms with E-state index < -0.39 is 0 Å². The fourth-order valence-electron chi connectivity index (χ4n) is 2.05. The molecule has 1 aliphatic rings. The molecule has 16 heavy (non-hydrogen) atoms. The standard InChI is InChI=1S/C14H20N2/c1-3-10(2)16-14-9-8-13(15)11-6-4-5-7-12(11)14/h4-7,9-10,13,16H,3,8,15H2,1-2H3. The molecule has 0 aliphatic heterocycles. The van der Waals surface area contributed by atoms with E-state index in [0.717, 1.165) is 12.8 Å². The molecule has 1 aromatic carbocycles.